The second-order valence-corrected chi connectivity index (χ2v) is 4.89. The number of carbonyl (C=O) groups excluding carboxylic acids is 1. The lowest BCUT2D eigenvalue weighted by Crippen LogP contribution is -2.43. The second-order valence-electron chi connectivity index (χ2n) is 4.89. The molecule has 0 aromatic carbocycles. The highest BCUT2D eigenvalue weighted by molar-refractivity contribution is 5.76. The molecule has 1 N–H and O–H groups in total. The molecule has 1 aromatic heterocycles. The Labute approximate surface area is 112 Å². The number of nitrogens with one attached hydrogen (secondary N) is 1. The van der Waals surface area contributed by atoms with Gasteiger partial charge < -0.3 is 4.74 Å². The highest BCUT2D eigenvalue weighted by atomic mass is 16.5. The number of hydrogen-bond acceptors (Lipinski definition) is 6. The third-order valence-corrected chi connectivity index (χ3v) is 3.05. The van der Waals surface area contributed by atoms with Gasteiger partial charge in [-0.05, 0) is 32.4 Å². The van der Waals surface area contributed by atoms with Crippen molar-refractivity contribution in [1.82, 2.24) is 25.5 Å². The van der Waals surface area contributed by atoms with Gasteiger partial charge in [0.05, 0.1) is 6.10 Å². The van der Waals surface area contributed by atoms with E-state index in [0.717, 1.165) is 18.5 Å². The van der Waals surface area contributed by atoms with E-state index in [1.54, 1.807) is 0 Å². The summed E-state index contributed by atoms with van der Waals surface area (Å²) in [7, 11) is 0. The molecular formula is C12H19N5O2. The third-order valence-electron chi connectivity index (χ3n) is 3.05. The number of hydrogen-bond donors (Lipinski definition) is 1. The van der Waals surface area contributed by atoms with Gasteiger partial charge in [0.15, 0.2) is 0 Å². The molecule has 7 nitrogen and oxygen atoms in total. The van der Waals surface area contributed by atoms with Gasteiger partial charge in [-0.2, -0.15) is 5.21 Å². The molecule has 2 rings (SSSR count). The predicted molar refractivity (Wildman–Crippen MR) is 69.0 cm³/mol. The number of tetrazole rings is 1. The summed E-state index contributed by atoms with van der Waals surface area (Å²) in [5, 5.41) is 13.9. The molecule has 0 fully saturated rings. The van der Waals surface area contributed by atoms with Gasteiger partial charge in [-0.25, -0.2) is 0 Å². The molecule has 19 heavy (non-hydrogen) atoms. The molecule has 0 spiro atoms. The van der Waals surface area contributed by atoms with Gasteiger partial charge in [-0.1, -0.05) is 6.08 Å². The number of esters is 1. The van der Waals surface area contributed by atoms with Gasteiger partial charge in [-0.15, -0.1) is 10.2 Å². The highest BCUT2D eigenvalue weighted by Crippen LogP contribution is 2.19. The summed E-state index contributed by atoms with van der Waals surface area (Å²) < 4.78 is 5.24. The van der Waals surface area contributed by atoms with E-state index in [1.807, 2.05) is 20.8 Å². The van der Waals surface area contributed by atoms with Crippen molar-refractivity contribution in [2.24, 2.45) is 0 Å². The topological polar surface area (TPSA) is 84.0 Å². The maximum Gasteiger partial charge on any atom is 0.323 e. The predicted octanol–water partition coefficient (Wildman–Crippen LogP) is 0.629. The Hall–Kier alpha value is -1.76. The molecule has 0 bridgehead atoms. The zero-order chi connectivity index (χ0) is 13.8. The Morgan fingerprint density at radius 3 is 2.89 bits per heavy atom. The molecule has 104 valence electrons. The minimum Gasteiger partial charge on any atom is -0.462 e. The molecule has 0 aliphatic carbocycles. The van der Waals surface area contributed by atoms with Crippen molar-refractivity contribution < 1.29 is 9.53 Å². The zero-order valence-corrected chi connectivity index (χ0v) is 11.5. The Morgan fingerprint density at radius 1 is 1.47 bits per heavy atom. The fourth-order valence-electron chi connectivity index (χ4n) is 2.04. The lowest BCUT2D eigenvalue weighted by atomic mass is 10.1. The number of aromatic nitrogens is 4. The molecule has 1 aliphatic heterocycles. The second kappa shape index (κ2) is 5.92. The van der Waals surface area contributed by atoms with E-state index in [9.17, 15) is 4.79 Å². The normalized spacial score (nSPS) is 18.2. The summed E-state index contributed by atoms with van der Waals surface area (Å²) in [6.07, 6.45) is 2.86. The molecular weight excluding hydrogens is 246 g/mol. The van der Waals surface area contributed by atoms with Crippen molar-refractivity contribution in [2.45, 2.75) is 39.3 Å². The smallest absolute Gasteiger partial charge is 0.323 e. The van der Waals surface area contributed by atoms with E-state index < -0.39 is 0 Å². The van der Waals surface area contributed by atoms with Crippen LogP contribution in [0.1, 0.15) is 33.0 Å². The van der Waals surface area contributed by atoms with E-state index in [0.29, 0.717) is 12.4 Å². The molecule has 0 saturated heterocycles. The fraction of sp³-hybridized carbons (Fsp3) is 0.667. The maximum absolute atomic E-state index is 11.9. The zero-order valence-electron chi connectivity index (χ0n) is 11.5. The Bertz CT molecular complexity index is 455. The summed E-state index contributed by atoms with van der Waals surface area (Å²) in [6.45, 7) is 7.03. The molecule has 1 unspecified atom stereocenters. The molecule has 0 saturated carbocycles. The summed E-state index contributed by atoms with van der Waals surface area (Å²) in [5.41, 5.74) is 0.990. The molecule has 1 atom stereocenters. The summed E-state index contributed by atoms with van der Waals surface area (Å²) in [6, 6.07) is -0.266. The standard InChI is InChI=1S/C12H19N5O2/c1-8(2)19-12(18)9(3)17-6-4-5-10(7-17)11-13-15-16-14-11/h5,8-9H,4,6-7H2,1-3H3,(H,13,14,15,16). The Kier molecular flexibility index (Phi) is 4.26. The Balaban J connectivity index is 1.99. The fourth-order valence-corrected chi connectivity index (χ4v) is 2.04. The average Bonchev–Trinajstić information content (AvgIpc) is 2.91. The van der Waals surface area contributed by atoms with Gasteiger partial charge >= 0.3 is 5.97 Å². The van der Waals surface area contributed by atoms with Crippen LogP contribution in [-0.4, -0.2) is 56.7 Å². The van der Waals surface area contributed by atoms with Crippen molar-refractivity contribution in [1.29, 1.82) is 0 Å². The summed E-state index contributed by atoms with van der Waals surface area (Å²) in [4.78, 5) is 14.0. The van der Waals surface area contributed by atoms with Gasteiger partial charge in [-0.3, -0.25) is 9.69 Å². The SMILES string of the molecule is CC(C)OC(=O)C(C)N1CCC=C(c2nn[nH]n2)C1. The van der Waals surface area contributed by atoms with Crippen LogP contribution in [0.2, 0.25) is 0 Å². The molecule has 2 heterocycles. The number of carbonyl (C=O) groups is 1. The minimum atomic E-state index is -0.266. The number of H-pyrrole nitrogens is 1. The lowest BCUT2D eigenvalue weighted by molar-refractivity contribution is -0.153. The molecule has 0 amide bonds. The van der Waals surface area contributed by atoms with E-state index in [1.165, 1.54) is 0 Å². The van der Waals surface area contributed by atoms with Crippen LogP contribution in [0.5, 0.6) is 0 Å². The highest BCUT2D eigenvalue weighted by Gasteiger charge is 2.26. The van der Waals surface area contributed by atoms with Gasteiger partial charge in [0.2, 0.25) is 5.82 Å². The van der Waals surface area contributed by atoms with E-state index in [2.05, 4.69) is 31.6 Å². The van der Waals surface area contributed by atoms with Crippen molar-refractivity contribution in [3.63, 3.8) is 0 Å². The third kappa shape index (κ3) is 3.37. The van der Waals surface area contributed by atoms with Crippen LogP contribution in [0.4, 0.5) is 0 Å². The Morgan fingerprint density at radius 2 is 2.26 bits per heavy atom. The van der Waals surface area contributed by atoms with Crippen LogP contribution < -0.4 is 0 Å². The quantitative estimate of drug-likeness (QED) is 0.804. The van der Waals surface area contributed by atoms with Crippen molar-refractivity contribution in [3.05, 3.63) is 11.9 Å². The van der Waals surface area contributed by atoms with Gasteiger partial charge in [0.1, 0.15) is 6.04 Å². The van der Waals surface area contributed by atoms with Crippen molar-refractivity contribution >= 4 is 11.5 Å². The van der Waals surface area contributed by atoms with Crippen LogP contribution in [0.3, 0.4) is 0 Å². The molecule has 7 heteroatoms. The van der Waals surface area contributed by atoms with E-state index in [-0.39, 0.29) is 18.1 Å². The van der Waals surface area contributed by atoms with Crippen molar-refractivity contribution in [2.75, 3.05) is 13.1 Å². The number of ether oxygens (including phenoxy) is 1. The lowest BCUT2D eigenvalue weighted by Gasteiger charge is -2.30. The summed E-state index contributed by atoms with van der Waals surface area (Å²) in [5.74, 6) is 0.401. The number of aromatic amines is 1. The van der Waals surface area contributed by atoms with Gasteiger partial charge in [0, 0.05) is 18.7 Å². The largest absolute Gasteiger partial charge is 0.462 e. The first-order chi connectivity index (χ1) is 9.08. The summed E-state index contributed by atoms with van der Waals surface area (Å²) >= 11 is 0. The first kappa shape index (κ1) is 13.7. The maximum atomic E-state index is 11.9. The first-order valence-electron chi connectivity index (χ1n) is 6.45. The monoisotopic (exact) mass is 265 g/mol. The van der Waals surface area contributed by atoms with Crippen LogP contribution in [-0.2, 0) is 9.53 Å². The molecule has 1 aliphatic rings. The van der Waals surface area contributed by atoms with Crippen LogP contribution in [0.15, 0.2) is 6.08 Å². The number of rotatable bonds is 4. The minimum absolute atomic E-state index is 0.0908. The number of nitrogens with zero attached hydrogens (tertiary/aromatic N) is 4. The van der Waals surface area contributed by atoms with E-state index in [4.69, 9.17) is 4.74 Å². The molecule has 0 radical (unpaired) electrons. The van der Waals surface area contributed by atoms with Gasteiger partial charge in [0.25, 0.3) is 0 Å². The average molecular weight is 265 g/mol. The molecule has 1 aromatic rings. The van der Waals surface area contributed by atoms with Crippen LogP contribution in [0.25, 0.3) is 5.57 Å². The van der Waals surface area contributed by atoms with Crippen LogP contribution in [0, 0.1) is 0 Å². The van der Waals surface area contributed by atoms with E-state index >= 15 is 0 Å². The van der Waals surface area contributed by atoms with Crippen LogP contribution >= 0.6 is 0 Å². The van der Waals surface area contributed by atoms with Crippen molar-refractivity contribution in [3.8, 4) is 0 Å². The first-order valence-corrected chi connectivity index (χ1v) is 6.45.